The van der Waals surface area contributed by atoms with Gasteiger partial charge in [0.05, 0.1) is 20.3 Å². The van der Waals surface area contributed by atoms with E-state index in [2.05, 4.69) is 20.3 Å². The van der Waals surface area contributed by atoms with Crippen LogP contribution in [0.4, 0.5) is 11.9 Å². The van der Waals surface area contributed by atoms with Gasteiger partial charge in [0.25, 0.3) is 0 Å². The van der Waals surface area contributed by atoms with E-state index < -0.39 is 0 Å². The van der Waals surface area contributed by atoms with Crippen molar-refractivity contribution in [2.24, 2.45) is 0 Å². The van der Waals surface area contributed by atoms with Crippen LogP contribution in [-0.2, 0) is 9.47 Å². The zero-order valence-corrected chi connectivity index (χ0v) is 11.4. The van der Waals surface area contributed by atoms with E-state index in [1.165, 1.54) is 7.11 Å². The van der Waals surface area contributed by atoms with Gasteiger partial charge < -0.3 is 25.3 Å². The molecule has 0 aliphatic carbocycles. The van der Waals surface area contributed by atoms with Crippen molar-refractivity contribution in [1.29, 1.82) is 0 Å². The standard InChI is InChI=1S/C11H21N5O3/c1-17-7-8-19-6-4-3-5-13-10-14-9(12)15-11(16-10)18-2/h3-8H2,1-2H3,(H3,12,13,14,15,16). The molecule has 0 unspecified atom stereocenters. The lowest BCUT2D eigenvalue weighted by molar-refractivity contribution is 0.0691. The largest absolute Gasteiger partial charge is 0.467 e. The van der Waals surface area contributed by atoms with Gasteiger partial charge in [0.2, 0.25) is 11.9 Å². The summed E-state index contributed by atoms with van der Waals surface area (Å²) in [4.78, 5) is 11.8. The zero-order chi connectivity index (χ0) is 13.9. The van der Waals surface area contributed by atoms with Gasteiger partial charge in [-0.3, -0.25) is 0 Å². The Balaban J connectivity index is 2.13. The average Bonchev–Trinajstić information content (AvgIpc) is 2.41. The van der Waals surface area contributed by atoms with E-state index >= 15 is 0 Å². The molecule has 8 nitrogen and oxygen atoms in total. The third-order valence-corrected chi connectivity index (χ3v) is 2.25. The van der Waals surface area contributed by atoms with Gasteiger partial charge in [-0.1, -0.05) is 0 Å². The van der Waals surface area contributed by atoms with Crippen molar-refractivity contribution in [2.75, 3.05) is 51.6 Å². The smallest absolute Gasteiger partial charge is 0.322 e. The van der Waals surface area contributed by atoms with Gasteiger partial charge in [-0.25, -0.2) is 0 Å². The maximum Gasteiger partial charge on any atom is 0.322 e. The highest BCUT2D eigenvalue weighted by atomic mass is 16.5. The van der Waals surface area contributed by atoms with Crippen LogP contribution in [0.1, 0.15) is 12.8 Å². The first-order valence-corrected chi connectivity index (χ1v) is 6.12. The number of nitrogens with zero attached hydrogens (tertiary/aromatic N) is 3. The van der Waals surface area contributed by atoms with Crippen LogP contribution >= 0.6 is 0 Å². The van der Waals surface area contributed by atoms with Crippen LogP contribution in [0.15, 0.2) is 0 Å². The summed E-state index contributed by atoms with van der Waals surface area (Å²) in [5.41, 5.74) is 5.52. The van der Waals surface area contributed by atoms with Crippen molar-refractivity contribution in [3.8, 4) is 6.01 Å². The summed E-state index contributed by atoms with van der Waals surface area (Å²) in [5.74, 6) is 0.557. The summed E-state index contributed by atoms with van der Waals surface area (Å²) < 4.78 is 15.1. The second-order valence-corrected chi connectivity index (χ2v) is 3.74. The molecule has 0 saturated heterocycles. The van der Waals surface area contributed by atoms with E-state index in [-0.39, 0.29) is 12.0 Å². The normalized spacial score (nSPS) is 10.4. The SMILES string of the molecule is COCCOCCCCNc1nc(N)nc(OC)n1. The Hall–Kier alpha value is -1.67. The monoisotopic (exact) mass is 271 g/mol. The molecule has 1 aromatic heterocycles. The van der Waals surface area contributed by atoms with Crippen molar-refractivity contribution >= 4 is 11.9 Å². The molecule has 0 bridgehead atoms. The lowest BCUT2D eigenvalue weighted by Crippen LogP contribution is -2.10. The molecule has 0 spiro atoms. The number of nitrogens with two attached hydrogens (primary N) is 1. The predicted octanol–water partition coefficient (Wildman–Crippen LogP) is 0.318. The fourth-order valence-electron chi connectivity index (χ4n) is 1.32. The number of hydrogen-bond donors (Lipinski definition) is 2. The second-order valence-electron chi connectivity index (χ2n) is 3.74. The Morgan fingerprint density at radius 2 is 1.89 bits per heavy atom. The highest BCUT2D eigenvalue weighted by Gasteiger charge is 2.03. The number of ether oxygens (including phenoxy) is 3. The molecule has 0 aliphatic rings. The number of unbranched alkanes of at least 4 members (excludes halogenated alkanes) is 1. The lowest BCUT2D eigenvalue weighted by atomic mass is 10.3. The van der Waals surface area contributed by atoms with Crippen molar-refractivity contribution < 1.29 is 14.2 Å². The van der Waals surface area contributed by atoms with Crippen molar-refractivity contribution in [2.45, 2.75) is 12.8 Å². The molecule has 0 radical (unpaired) electrons. The summed E-state index contributed by atoms with van der Waals surface area (Å²) in [5, 5.41) is 3.06. The van der Waals surface area contributed by atoms with Crippen molar-refractivity contribution in [3.05, 3.63) is 0 Å². The number of nitrogens with one attached hydrogen (secondary N) is 1. The van der Waals surface area contributed by atoms with Crippen LogP contribution in [0.5, 0.6) is 6.01 Å². The molecular formula is C11H21N5O3. The fourth-order valence-corrected chi connectivity index (χ4v) is 1.32. The van der Waals surface area contributed by atoms with Gasteiger partial charge in [-0.2, -0.15) is 15.0 Å². The van der Waals surface area contributed by atoms with E-state index in [9.17, 15) is 0 Å². The molecule has 108 valence electrons. The third-order valence-electron chi connectivity index (χ3n) is 2.25. The quantitative estimate of drug-likeness (QED) is 0.586. The highest BCUT2D eigenvalue weighted by Crippen LogP contribution is 2.08. The Labute approximate surface area is 112 Å². The lowest BCUT2D eigenvalue weighted by Gasteiger charge is -2.06. The van der Waals surface area contributed by atoms with Crippen LogP contribution in [-0.4, -0.2) is 55.5 Å². The van der Waals surface area contributed by atoms with Gasteiger partial charge in [0, 0.05) is 20.3 Å². The minimum absolute atomic E-state index is 0.136. The molecule has 3 N–H and O–H groups in total. The maximum atomic E-state index is 5.52. The number of methoxy groups -OCH3 is 2. The number of rotatable bonds is 10. The average molecular weight is 271 g/mol. The highest BCUT2D eigenvalue weighted by molar-refractivity contribution is 5.32. The van der Waals surface area contributed by atoms with Gasteiger partial charge in [-0.05, 0) is 12.8 Å². The number of anilines is 2. The number of nitrogen functional groups attached to an aromatic ring is 1. The first-order chi connectivity index (χ1) is 9.26. The summed E-state index contributed by atoms with van der Waals surface area (Å²) in [6, 6.07) is 0.206. The van der Waals surface area contributed by atoms with Crippen LogP contribution in [0.25, 0.3) is 0 Å². The van der Waals surface area contributed by atoms with Crippen LogP contribution < -0.4 is 15.8 Å². The molecule has 1 aromatic rings. The van der Waals surface area contributed by atoms with Crippen LogP contribution in [0, 0.1) is 0 Å². The van der Waals surface area contributed by atoms with E-state index in [0.717, 1.165) is 19.4 Å². The first-order valence-electron chi connectivity index (χ1n) is 6.12. The van der Waals surface area contributed by atoms with E-state index in [1.54, 1.807) is 7.11 Å². The maximum absolute atomic E-state index is 5.52. The molecule has 0 aliphatic heterocycles. The molecule has 0 amide bonds. The molecule has 0 fully saturated rings. The molecule has 8 heteroatoms. The topological polar surface area (TPSA) is 104 Å². The fraction of sp³-hybridized carbons (Fsp3) is 0.727. The van der Waals surface area contributed by atoms with E-state index in [1.807, 2.05) is 0 Å². The van der Waals surface area contributed by atoms with Gasteiger partial charge in [0.15, 0.2) is 0 Å². The molecule has 19 heavy (non-hydrogen) atoms. The molecule has 0 atom stereocenters. The molecule has 1 rings (SSSR count). The molecule has 1 heterocycles. The van der Waals surface area contributed by atoms with Gasteiger partial charge in [0.1, 0.15) is 0 Å². The third kappa shape index (κ3) is 6.73. The van der Waals surface area contributed by atoms with Crippen molar-refractivity contribution in [3.63, 3.8) is 0 Å². The Kier molecular flexibility index (Phi) is 7.52. The summed E-state index contributed by atoms with van der Waals surface area (Å²) in [7, 11) is 3.14. The summed E-state index contributed by atoms with van der Waals surface area (Å²) in [6.45, 7) is 2.71. The summed E-state index contributed by atoms with van der Waals surface area (Å²) in [6.07, 6.45) is 1.90. The minimum Gasteiger partial charge on any atom is -0.467 e. The summed E-state index contributed by atoms with van der Waals surface area (Å²) >= 11 is 0. The Morgan fingerprint density at radius 1 is 1.05 bits per heavy atom. The number of aromatic nitrogens is 3. The van der Waals surface area contributed by atoms with Crippen molar-refractivity contribution in [1.82, 2.24) is 15.0 Å². The van der Waals surface area contributed by atoms with E-state index in [4.69, 9.17) is 19.9 Å². The first kappa shape index (κ1) is 15.4. The number of hydrogen-bond acceptors (Lipinski definition) is 8. The zero-order valence-electron chi connectivity index (χ0n) is 11.4. The van der Waals surface area contributed by atoms with Crippen LogP contribution in [0.3, 0.4) is 0 Å². The predicted molar refractivity (Wildman–Crippen MR) is 71.2 cm³/mol. The van der Waals surface area contributed by atoms with Crippen LogP contribution in [0.2, 0.25) is 0 Å². The second kappa shape index (κ2) is 9.29. The minimum atomic E-state index is 0.136. The van der Waals surface area contributed by atoms with E-state index in [0.29, 0.717) is 25.8 Å². The Morgan fingerprint density at radius 3 is 2.63 bits per heavy atom. The molecular weight excluding hydrogens is 250 g/mol. The Bertz CT molecular complexity index is 364. The van der Waals surface area contributed by atoms with Gasteiger partial charge in [-0.15, -0.1) is 0 Å². The molecule has 0 aromatic carbocycles. The van der Waals surface area contributed by atoms with Gasteiger partial charge >= 0.3 is 6.01 Å². The molecule has 0 saturated carbocycles.